The SMILES string of the molecule is COc1cc(NC(=O)NCC(c2ccsc2)N(C)C)cc(OC)c1. The lowest BCUT2D eigenvalue weighted by Gasteiger charge is -2.24. The van der Waals surface area contributed by atoms with Crippen molar-refractivity contribution in [2.45, 2.75) is 6.04 Å². The van der Waals surface area contributed by atoms with Crippen LogP contribution in [0.15, 0.2) is 35.0 Å². The molecule has 2 rings (SSSR count). The van der Waals surface area contributed by atoms with Crippen molar-refractivity contribution in [1.82, 2.24) is 10.2 Å². The van der Waals surface area contributed by atoms with Gasteiger partial charge in [-0.25, -0.2) is 4.79 Å². The first-order valence-corrected chi connectivity index (χ1v) is 8.44. The monoisotopic (exact) mass is 349 g/mol. The molecule has 0 bridgehead atoms. The van der Waals surface area contributed by atoms with Crippen LogP contribution in [0.1, 0.15) is 11.6 Å². The Hall–Kier alpha value is -2.25. The van der Waals surface area contributed by atoms with Crippen LogP contribution in [0, 0.1) is 0 Å². The van der Waals surface area contributed by atoms with Crippen LogP contribution in [0.3, 0.4) is 0 Å². The Morgan fingerprint density at radius 1 is 1.21 bits per heavy atom. The number of urea groups is 1. The number of hydrogen-bond acceptors (Lipinski definition) is 5. The molecule has 1 heterocycles. The minimum absolute atomic E-state index is 0.127. The number of thiophene rings is 1. The lowest BCUT2D eigenvalue weighted by Crippen LogP contribution is -2.36. The Kier molecular flexibility index (Phi) is 6.45. The Bertz CT molecular complexity index is 637. The lowest BCUT2D eigenvalue weighted by atomic mass is 10.1. The number of carbonyl (C=O) groups excluding carboxylic acids is 1. The molecule has 0 fully saturated rings. The molecule has 0 radical (unpaired) electrons. The standard InChI is InChI=1S/C17H23N3O3S/c1-20(2)16(12-5-6-24-11-12)10-18-17(21)19-13-7-14(22-3)9-15(8-13)23-4/h5-9,11,16H,10H2,1-4H3,(H2,18,19,21). The van der Waals surface area contributed by atoms with Crippen molar-refractivity contribution in [1.29, 1.82) is 0 Å². The minimum Gasteiger partial charge on any atom is -0.497 e. The summed E-state index contributed by atoms with van der Waals surface area (Å²) in [6.07, 6.45) is 0. The summed E-state index contributed by atoms with van der Waals surface area (Å²) >= 11 is 1.65. The van der Waals surface area contributed by atoms with Crippen molar-refractivity contribution in [3.05, 3.63) is 40.6 Å². The number of benzene rings is 1. The number of ether oxygens (including phenoxy) is 2. The van der Waals surface area contributed by atoms with Crippen molar-refractivity contribution in [2.75, 3.05) is 40.2 Å². The highest BCUT2D eigenvalue weighted by Crippen LogP contribution is 2.25. The second-order valence-electron chi connectivity index (χ2n) is 5.47. The van der Waals surface area contributed by atoms with Crippen molar-refractivity contribution < 1.29 is 14.3 Å². The molecule has 1 aromatic heterocycles. The number of methoxy groups -OCH3 is 2. The molecule has 1 atom stereocenters. The first kappa shape index (κ1) is 18.1. The van der Waals surface area contributed by atoms with E-state index in [4.69, 9.17) is 9.47 Å². The van der Waals surface area contributed by atoms with Crippen molar-refractivity contribution in [3.8, 4) is 11.5 Å². The molecule has 6 nitrogen and oxygen atoms in total. The fourth-order valence-corrected chi connectivity index (χ4v) is 3.01. The molecule has 0 saturated heterocycles. The van der Waals surface area contributed by atoms with Crippen LogP contribution in [-0.2, 0) is 0 Å². The van der Waals surface area contributed by atoms with Crippen molar-refractivity contribution in [2.24, 2.45) is 0 Å². The zero-order valence-corrected chi connectivity index (χ0v) is 15.1. The molecule has 0 aliphatic carbocycles. The number of anilines is 1. The molecule has 2 amide bonds. The molecule has 0 saturated carbocycles. The maximum Gasteiger partial charge on any atom is 0.319 e. The van der Waals surface area contributed by atoms with Crippen LogP contribution in [0.4, 0.5) is 10.5 Å². The lowest BCUT2D eigenvalue weighted by molar-refractivity contribution is 0.243. The highest BCUT2D eigenvalue weighted by molar-refractivity contribution is 7.07. The van der Waals surface area contributed by atoms with E-state index in [1.165, 1.54) is 5.56 Å². The second kappa shape index (κ2) is 8.56. The van der Waals surface area contributed by atoms with Gasteiger partial charge < -0.3 is 25.0 Å². The molecule has 0 spiro atoms. The fraction of sp³-hybridized carbons (Fsp3) is 0.353. The van der Waals surface area contributed by atoms with Gasteiger partial charge in [0.1, 0.15) is 11.5 Å². The van der Waals surface area contributed by atoms with E-state index >= 15 is 0 Å². The first-order chi connectivity index (χ1) is 11.5. The predicted octanol–water partition coefficient (Wildman–Crippen LogP) is 3.19. The number of nitrogens with one attached hydrogen (secondary N) is 2. The molecule has 0 aliphatic heterocycles. The smallest absolute Gasteiger partial charge is 0.319 e. The van der Waals surface area contributed by atoms with E-state index in [1.807, 2.05) is 19.5 Å². The minimum atomic E-state index is -0.271. The van der Waals surface area contributed by atoms with Gasteiger partial charge in [-0.3, -0.25) is 0 Å². The van der Waals surface area contributed by atoms with Crippen LogP contribution in [0.2, 0.25) is 0 Å². The number of carbonyl (C=O) groups is 1. The zero-order chi connectivity index (χ0) is 17.5. The van der Waals surface area contributed by atoms with E-state index in [0.717, 1.165) is 0 Å². The van der Waals surface area contributed by atoms with Gasteiger partial charge in [0.2, 0.25) is 0 Å². The number of amides is 2. The van der Waals surface area contributed by atoms with Crippen molar-refractivity contribution in [3.63, 3.8) is 0 Å². The van der Waals surface area contributed by atoms with E-state index in [2.05, 4.69) is 27.0 Å². The first-order valence-electron chi connectivity index (χ1n) is 7.50. The van der Waals surface area contributed by atoms with Crippen LogP contribution < -0.4 is 20.1 Å². The largest absolute Gasteiger partial charge is 0.497 e. The Morgan fingerprint density at radius 3 is 2.38 bits per heavy atom. The molecule has 0 aliphatic rings. The third-order valence-electron chi connectivity index (χ3n) is 3.62. The van der Waals surface area contributed by atoms with Crippen LogP contribution in [0.25, 0.3) is 0 Å². The fourth-order valence-electron chi connectivity index (χ4n) is 2.31. The highest BCUT2D eigenvalue weighted by atomic mass is 32.1. The Balaban J connectivity index is 1.98. The van der Waals surface area contributed by atoms with Gasteiger partial charge in [-0.1, -0.05) is 0 Å². The van der Waals surface area contributed by atoms with E-state index in [-0.39, 0.29) is 12.1 Å². The number of hydrogen-bond donors (Lipinski definition) is 2. The zero-order valence-electron chi connectivity index (χ0n) is 14.3. The highest BCUT2D eigenvalue weighted by Gasteiger charge is 2.16. The van der Waals surface area contributed by atoms with Gasteiger partial charge in [0, 0.05) is 30.4 Å². The van der Waals surface area contributed by atoms with Crippen LogP contribution >= 0.6 is 11.3 Å². The summed E-state index contributed by atoms with van der Waals surface area (Å²) < 4.78 is 10.4. The molecular weight excluding hydrogens is 326 g/mol. The summed E-state index contributed by atoms with van der Waals surface area (Å²) in [4.78, 5) is 14.3. The van der Waals surface area contributed by atoms with Crippen LogP contribution in [0.5, 0.6) is 11.5 Å². The maximum absolute atomic E-state index is 12.2. The summed E-state index contributed by atoms with van der Waals surface area (Å²) in [6.45, 7) is 0.511. The van der Waals surface area contributed by atoms with E-state index < -0.39 is 0 Å². The van der Waals surface area contributed by atoms with Gasteiger partial charge in [-0.05, 0) is 36.5 Å². The predicted molar refractivity (Wildman–Crippen MR) is 97.3 cm³/mol. The maximum atomic E-state index is 12.2. The summed E-state index contributed by atoms with van der Waals surface area (Å²) in [7, 11) is 7.13. The molecular formula is C17H23N3O3S. The average Bonchev–Trinajstić information content (AvgIpc) is 3.08. The third kappa shape index (κ3) is 4.87. The summed E-state index contributed by atoms with van der Waals surface area (Å²) in [5.74, 6) is 1.24. The second-order valence-corrected chi connectivity index (χ2v) is 6.25. The number of nitrogens with zero attached hydrogens (tertiary/aromatic N) is 1. The molecule has 2 N–H and O–H groups in total. The van der Waals surface area contributed by atoms with Gasteiger partial charge in [0.25, 0.3) is 0 Å². The Labute approximate surface area is 146 Å². The summed E-state index contributed by atoms with van der Waals surface area (Å²) in [5.41, 5.74) is 1.80. The molecule has 2 aromatic rings. The number of rotatable bonds is 7. The van der Waals surface area contributed by atoms with Gasteiger partial charge in [0.05, 0.1) is 20.3 Å². The Morgan fingerprint density at radius 2 is 1.88 bits per heavy atom. The molecule has 1 unspecified atom stereocenters. The quantitative estimate of drug-likeness (QED) is 0.806. The van der Waals surface area contributed by atoms with E-state index in [0.29, 0.717) is 23.7 Å². The van der Waals surface area contributed by atoms with Crippen molar-refractivity contribution >= 4 is 23.1 Å². The third-order valence-corrected chi connectivity index (χ3v) is 4.32. The average molecular weight is 349 g/mol. The molecule has 7 heteroatoms. The van der Waals surface area contributed by atoms with E-state index in [9.17, 15) is 4.79 Å². The normalized spacial score (nSPS) is 11.9. The van der Waals surface area contributed by atoms with Gasteiger partial charge in [-0.2, -0.15) is 11.3 Å². The van der Waals surface area contributed by atoms with E-state index in [1.54, 1.807) is 43.8 Å². The molecule has 130 valence electrons. The summed E-state index contributed by atoms with van der Waals surface area (Å²) in [5, 5.41) is 9.84. The number of likely N-dealkylation sites (N-methyl/N-ethyl adjacent to an activating group) is 1. The summed E-state index contributed by atoms with van der Waals surface area (Å²) in [6, 6.07) is 7.16. The molecule has 1 aromatic carbocycles. The van der Waals surface area contributed by atoms with Gasteiger partial charge >= 0.3 is 6.03 Å². The van der Waals surface area contributed by atoms with Gasteiger partial charge in [-0.15, -0.1) is 0 Å². The van der Waals surface area contributed by atoms with Crippen LogP contribution in [-0.4, -0.2) is 45.8 Å². The van der Waals surface area contributed by atoms with Gasteiger partial charge in [0.15, 0.2) is 0 Å². The topological polar surface area (TPSA) is 62.8 Å². The molecule has 24 heavy (non-hydrogen) atoms.